The topological polar surface area (TPSA) is 143 Å². The van der Waals surface area contributed by atoms with Gasteiger partial charge in [0.2, 0.25) is 11.7 Å². The largest absolute Gasteiger partial charge is 0.500 e. The summed E-state index contributed by atoms with van der Waals surface area (Å²) in [7, 11) is 0. The quantitative estimate of drug-likeness (QED) is 0.371. The predicted molar refractivity (Wildman–Crippen MR) is 96.0 cm³/mol. The lowest BCUT2D eigenvalue weighted by Crippen LogP contribution is -2.12. The number of H-pyrrole nitrogens is 1. The molecule has 26 heavy (non-hydrogen) atoms. The summed E-state index contributed by atoms with van der Waals surface area (Å²) >= 11 is 0. The molecule has 0 bridgehead atoms. The minimum Gasteiger partial charge on any atom is -0.500 e. The normalized spacial score (nSPS) is 10.8. The van der Waals surface area contributed by atoms with Gasteiger partial charge in [-0.15, -0.1) is 0 Å². The number of nitro benzene ring substituents is 1. The molecule has 10 heteroatoms. The third-order valence-electron chi connectivity index (χ3n) is 3.26. The summed E-state index contributed by atoms with van der Waals surface area (Å²) in [5, 5.41) is 24.8. The van der Waals surface area contributed by atoms with Gasteiger partial charge < -0.3 is 9.84 Å². The predicted octanol–water partition coefficient (Wildman–Crippen LogP) is 2.18. The number of aromatic nitrogens is 2. The number of phenols is 1. The Morgan fingerprint density at radius 2 is 2.19 bits per heavy atom. The Labute approximate surface area is 148 Å². The molecule has 0 aliphatic heterocycles. The molecule has 0 spiro atoms. The van der Waals surface area contributed by atoms with Gasteiger partial charge in [0, 0.05) is 23.4 Å². The fourth-order valence-corrected chi connectivity index (χ4v) is 2.21. The van der Waals surface area contributed by atoms with Gasteiger partial charge in [-0.3, -0.25) is 19.9 Å². The molecular weight excluding hydrogens is 342 g/mol. The molecule has 0 unspecified atom stereocenters. The Balaban J connectivity index is 2.25. The number of hydrogen-bond donors (Lipinski definition) is 3. The maximum Gasteiger partial charge on any atom is 0.315 e. The Morgan fingerprint density at radius 3 is 2.85 bits per heavy atom. The van der Waals surface area contributed by atoms with Crippen LogP contribution in [0.25, 0.3) is 0 Å². The second-order valence-corrected chi connectivity index (χ2v) is 5.28. The number of anilines is 1. The number of aromatic amines is 1. The Kier molecular flexibility index (Phi) is 6.25. The lowest BCUT2D eigenvalue weighted by atomic mass is 10.2. The lowest BCUT2D eigenvalue weighted by Gasteiger charge is -2.07. The number of rotatable bonds is 8. The summed E-state index contributed by atoms with van der Waals surface area (Å²) < 4.78 is 5.19. The van der Waals surface area contributed by atoms with E-state index in [1.807, 2.05) is 6.92 Å². The molecule has 138 valence electrons. The number of hydrogen-bond acceptors (Lipinski definition) is 8. The second-order valence-electron chi connectivity index (χ2n) is 5.28. The van der Waals surface area contributed by atoms with Crippen LogP contribution in [0.2, 0.25) is 0 Å². The molecule has 2 aromatic rings. The number of benzene rings is 1. The highest BCUT2D eigenvalue weighted by Crippen LogP contribution is 2.36. The molecule has 1 heterocycles. The molecule has 3 N–H and O–H groups in total. The van der Waals surface area contributed by atoms with Crippen LogP contribution in [0.1, 0.15) is 31.5 Å². The fraction of sp³-hybridized carbons (Fsp3) is 0.312. The van der Waals surface area contributed by atoms with Gasteiger partial charge in [-0.25, -0.2) is 10.4 Å². The number of nitrogens with zero attached hydrogens (tertiary/aromatic N) is 3. The van der Waals surface area contributed by atoms with Crippen molar-refractivity contribution in [2.24, 2.45) is 5.10 Å². The van der Waals surface area contributed by atoms with Gasteiger partial charge >= 0.3 is 5.69 Å². The van der Waals surface area contributed by atoms with Crippen LogP contribution < -0.4 is 15.7 Å². The summed E-state index contributed by atoms with van der Waals surface area (Å²) in [5.41, 5.74) is 2.74. The first-order valence-corrected chi connectivity index (χ1v) is 7.98. The maximum absolute atomic E-state index is 11.6. The van der Waals surface area contributed by atoms with Gasteiger partial charge in [-0.2, -0.15) is 5.10 Å². The first kappa shape index (κ1) is 18.9. The van der Waals surface area contributed by atoms with E-state index in [-0.39, 0.29) is 23.9 Å². The van der Waals surface area contributed by atoms with Gasteiger partial charge in [-0.05, 0) is 19.4 Å². The number of aromatic hydroxyl groups is 1. The van der Waals surface area contributed by atoms with E-state index < -0.39 is 16.4 Å². The van der Waals surface area contributed by atoms with Crippen molar-refractivity contribution in [2.75, 3.05) is 12.0 Å². The molecular formula is C16H19N5O5. The van der Waals surface area contributed by atoms with Crippen molar-refractivity contribution in [1.82, 2.24) is 9.97 Å². The molecule has 0 atom stereocenters. The molecule has 0 fully saturated rings. The monoisotopic (exact) mass is 361 g/mol. The molecule has 1 aromatic heterocycles. The minimum atomic E-state index is -0.712. The molecule has 1 aromatic carbocycles. The number of ether oxygens (including phenoxy) is 1. The van der Waals surface area contributed by atoms with E-state index in [0.717, 1.165) is 12.5 Å². The van der Waals surface area contributed by atoms with Crippen molar-refractivity contribution in [3.05, 3.63) is 49.9 Å². The standard InChI is InChI=1S/C16H19N5O5/c1-3-5-11-8-14(22)19-16(18-11)20-17-9-10-6-12(21(24)25)15(23)13(7-10)26-4-2/h6-9,23H,3-5H2,1-2H3,(H2,18,19,20,22)/b17-9+. The smallest absolute Gasteiger partial charge is 0.315 e. The van der Waals surface area contributed by atoms with Crippen LogP contribution in [0.15, 0.2) is 28.1 Å². The molecule has 0 amide bonds. The summed E-state index contributed by atoms with van der Waals surface area (Å²) in [5.74, 6) is -0.393. The highest BCUT2D eigenvalue weighted by atomic mass is 16.6. The maximum atomic E-state index is 11.6. The zero-order valence-corrected chi connectivity index (χ0v) is 14.4. The third kappa shape index (κ3) is 4.79. The van der Waals surface area contributed by atoms with E-state index >= 15 is 0 Å². The average Bonchev–Trinajstić information content (AvgIpc) is 2.57. The van der Waals surface area contributed by atoms with Crippen LogP contribution in [0.4, 0.5) is 11.6 Å². The van der Waals surface area contributed by atoms with Crippen molar-refractivity contribution in [2.45, 2.75) is 26.7 Å². The summed E-state index contributed by atoms with van der Waals surface area (Å²) in [6.45, 7) is 3.90. The number of hydrazone groups is 1. The molecule has 0 aliphatic rings. The first-order valence-electron chi connectivity index (χ1n) is 7.98. The van der Waals surface area contributed by atoms with Crippen LogP contribution in [0, 0.1) is 10.1 Å². The van der Waals surface area contributed by atoms with Crippen LogP contribution in [0.5, 0.6) is 11.5 Å². The van der Waals surface area contributed by atoms with Crippen molar-refractivity contribution < 1.29 is 14.8 Å². The van der Waals surface area contributed by atoms with Crippen molar-refractivity contribution >= 4 is 17.9 Å². The Hall–Kier alpha value is -3.43. The van der Waals surface area contributed by atoms with Gasteiger partial charge in [-0.1, -0.05) is 13.3 Å². The van der Waals surface area contributed by atoms with Crippen molar-refractivity contribution in [1.29, 1.82) is 0 Å². The molecule has 0 saturated carbocycles. The van der Waals surface area contributed by atoms with Gasteiger partial charge in [0.05, 0.1) is 17.7 Å². The van der Waals surface area contributed by atoms with E-state index in [1.54, 1.807) is 6.92 Å². The SMILES string of the molecule is CCCc1cc(=O)[nH]c(N/N=C/c2cc(OCC)c(O)c([N+](=O)[O-])c2)n1. The zero-order valence-electron chi connectivity index (χ0n) is 14.4. The average molecular weight is 361 g/mol. The number of phenolic OH excluding ortho intramolecular Hbond substituents is 1. The van der Waals surface area contributed by atoms with Crippen LogP contribution in [0.3, 0.4) is 0 Å². The molecule has 10 nitrogen and oxygen atoms in total. The number of aryl methyl sites for hydroxylation is 1. The number of nitro groups is 1. The van der Waals surface area contributed by atoms with Gasteiger partial charge in [0.1, 0.15) is 0 Å². The van der Waals surface area contributed by atoms with Crippen LogP contribution in [-0.4, -0.2) is 32.8 Å². The highest BCUT2D eigenvalue weighted by Gasteiger charge is 2.19. The van der Waals surface area contributed by atoms with Crippen molar-refractivity contribution in [3.8, 4) is 11.5 Å². The molecule has 0 radical (unpaired) electrons. The van der Waals surface area contributed by atoms with E-state index in [9.17, 15) is 20.0 Å². The summed E-state index contributed by atoms with van der Waals surface area (Å²) in [6, 6.07) is 3.99. The van der Waals surface area contributed by atoms with Crippen LogP contribution >= 0.6 is 0 Å². The van der Waals surface area contributed by atoms with E-state index in [2.05, 4.69) is 20.5 Å². The Morgan fingerprint density at radius 1 is 1.42 bits per heavy atom. The highest BCUT2D eigenvalue weighted by molar-refractivity contribution is 5.83. The van der Waals surface area contributed by atoms with Gasteiger partial charge in [0.25, 0.3) is 5.56 Å². The lowest BCUT2D eigenvalue weighted by molar-refractivity contribution is -0.386. The third-order valence-corrected chi connectivity index (χ3v) is 3.26. The van der Waals surface area contributed by atoms with Crippen LogP contribution in [-0.2, 0) is 6.42 Å². The van der Waals surface area contributed by atoms with Gasteiger partial charge in [0.15, 0.2) is 5.75 Å². The molecule has 0 saturated heterocycles. The van der Waals surface area contributed by atoms with E-state index in [1.165, 1.54) is 18.3 Å². The number of nitrogens with one attached hydrogen (secondary N) is 2. The summed E-state index contributed by atoms with van der Waals surface area (Å²) in [6.07, 6.45) is 2.79. The van der Waals surface area contributed by atoms with Crippen molar-refractivity contribution in [3.63, 3.8) is 0 Å². The fourth-order valence-electron chi connectivity index (χ4n) is 2.21. The molecule has 2 rings (SSSR count). The zero-order chi connectivity index (χ0) is 19.1. The van der Waals surface area contributed by atoms with E-state index in [4.69, 9.17) is 4.74 Å². The Bertz CT molecular complexity index is 878. The molecule has 0 aliphatic carbocycles. The first-order chi connectivity index (χ1) is 12.4. The van der Waals surface area contributed by atoms with E-state index in [0.29, 0.717) is 17.7 Å². The summed E-state index contributed by atoms with van der Waals surface area (Å²) in [4.78, 5) is 28.6. The second kappa shape index (κ2) is 8.60. The minimum absolute atomic E-state index is 0.0142.